The van der Waals surface area contributed by atoms with Crippen molar-refractivity contribution in [3.05, 3.63) is 42.4 Å². The van der Waals surface area contributed by atoms with E-state index in [1.54, 1.807) is 11.3 Å². The van der Waals surface area contributed by atoms with Crippen LogP contribution in [0.5, 0.6) is 5.75 Å². The van der Waals surface area contributed by atoms with Crippen LogP contribution in [0.1, 0.15) is 46.2 Å². The zero-order valence-corrected chi connectivity index (χ0v) is 20.1. The minimum absolute atomic E-state index is 0.112. The second-order valence-electron chi connectivity index (χ2n) is 10.4. The zero-order chi connectivity index (χ0) is 22.0. The highest BCUT2D eigenvalue weighted by Crippen LogP contribution is 2.45. The Morgan fingerprint density at radius 3 is 2.55 bits per heavy atom. The molecule has 2 aromatic heterocycles. The van der Waals surface area contributed by atoms with Crippen molar-refractivity contribution < 1.29 is 4.74 Å². The first kappa shape index (κ1) is 20.6. The minimum atomic E-state index is 0.112. The number of anilines is 1. The predicted octanol–water partition coefficient (Wildman–Crippen LogP) is 5.45. The van der Waals surface area contributed by atoms with Gasteiger partial charge >= 0.3 is 0 Å². The number of piperidine rings is 1. The van der Waals surface area contributed by atoms with E-state index in [0.29, 0.717) is 12.6 Å². The normalized spacial score (nSPS) is 19.4. The van der Waals surface area contributed by atoms with Gasteiger partial charge in [0, 0.05) is 49.2 Å². The smallest absolute Gasteiger partial charge is 0.186 e. The molecule has 1 saturated heterocycles. The Labute approximate surface area is 189 Å². The number of hydrogen-bond donors (Lipinski definition) is 1. The molecule has 2 aliphatic heterocycles. The Morgan fingerprint density at radius 2 is 1.87 bits per heavy atom. The highest BCUT2D eigenvalue weighted by atomic mass is 32.1. The summed E-state index contributed by atoms with van der Waals surface area (Å²) in [5, 5.41) is 4.88. The van der Waals surface area contributed by atoms with Gasteiger partial charge in [0.05, 0.1) is 10.6 Å². The topological polar surface area (TPSA) is 42.3 Å². The monoisotopic (exact) mass is 436 g/mol. The summed E-state index contributed by atoms with van der Waals surface area (Å²) in [4.78, 5) is 8.64. The second kappa shape index (κ2) is 7.10. The molecule has 3 aromatic rings. The van der Waals surface area contributed by atoms with E-state index in [9.17, 15) is 0 Å². The second-order valence-corrected chi connectivity index (χ2v) is 11.4. The molecule has 0 aliphatic carbocycles. The predicted molar refractivity (Wildman–Crippen MR) is 129 cm³/mol. The number of rotatable bonds is 3. The van der Waals surface area contributed by atoms with Crippen LogP contribution in [0.15, 0.2) is 36.7 Å². The van der Waals surface area contributed by atoms with E-state index in [0.717, 1.165) is 35.0 Å². The lowest BCUT2D eigenvalue weighted by atomic mass is 9.79. The number of aryl methyl sites for hydroxylation is 1. The summed E-state index contributed by atoms with van der Waals surface area (Å²) in [6, 6.07) is 9.13. The van der Waals surface area contributed by atoms with Crippen LogP contribution in [0.3, 0.4) is 0 Å². The average molecular weight is 437 g/mol. The van der Waals surface area contributed by atoms with Crippen molar-refractivity contribution in [2.24, 2.45) is 7.05 Å². The van der Waals surface area contributed by atoms with Crippen molar-refractivity contribution in [2.45, 2.75) is 64.3 Å². The van der Waals surface area contributed by atoms with E-state index in [4.69, 9.17) is 9.72 Å². The molecule has 2 aliphatic rings. The van der Waals surface area contributed by atoms with Crippen molar-refractivity contribution in [3.8, 4) is 27.3 Å². The molecule has 6 heteroatoms. The third kappa shape index (κ3) is 3.87. The maximum Gasteiger partial charge on any atom is 0.186 e. The van der Waals surface area contributed by atoms with Crippen molar-refractivity contribution in [3.63, 3.8) is 0 Å². The van der Waals surface area contributed by atoms with Gasteiger partial charge in [-0.05, 0) is 69.9 Å². The van der Waals surface area contributed by atoms with Crippen molar-refractivity contribution in [1.29, 1.82) is 0 Å². The highest BCUT2D eigenvalue weighted by molar-refractivity contribution is 7.19. The first-order valence-electron chi connectivity index (χ1n) is 11.0. The van der Waals surface area contributed by atoms with E-state index in [1.807, 2.05) is 7.05 Å². The Bertz CT molecular complexity index is 1110. The van der Waals surface area contributed by atoms with E-state index in [1.165, 1.54) is 16.0 Å². The van der Waals surface area contributed by atoms with Gasteiger partial charge in [0.1, 0.15) is 12.4 Å². The molecule has 5 nitrogen and oxygen atoms in total. The molecule has 31 heavy (non-hydrogen) atoms. The van der Waals surface area contributed by atoms with E-state index >= 15 is 0 Å². The molecule has 0 unspecified atom stereocenters. The summed E-state index contributed by atoms with van der Waals surface area (Å²) in [5.74, 6) is 0.954. The summed E-state index contributed by atoms with van der Waals surface area (Å²) < 4.78 is 8.20. The molecule has 5 rings (SSSR count). The van der Waals surface area contributed by atoms with Crippen LogP contribution in [0, 0.1) is 0 Å². The number of nitrogens with zero attached hydrogens (tertiary/aromatic N) is 3. The molecular weight excluding hydrogens is 404 g/mol. The van der Waals surface area contributed by atoms with E-state index in [-0.39, 0.29) is 11.1 Å². The van der Waals surface area contributed by atoms with E-state index < -0.39 is 0 Å². The largest absolute Gasteiger partial charge is 0.487 e. The number of hydrogen-bond acceptors (Lipinski definition) is 5. The fourth-order valence-corrected chi connectivity index (χ4v) is 6.46. The summed E-state index contributed by atoms with van der Waals surface area (Å²) in [7, 11) is 4.25. The number of aromatic nitrogens is 2. The zero-order valence-electron chi connectivity index (χ0n) is 19.3. The van der Waals surface area contributed by atoms with Gasteiger partial charge in [0.2, 0.25) is 0 Å². The molecule has 1 aromatic carbocycles. The van der Waals surface area contributed by atoms with Gasteiger partial charge in [-0.3, -0.25) is 0 Å². The average Bonchev–Trinajstić information content (AvgIpc) is 3.30. The fourth-order valence-electron chi connectivity index (χ4n) is 5.33. The molecule has 1 fully saturated rings. The van der Waals surface area contributed by atoms with Crippen LogP contribution < -0.4 is 15.0 Å². The number of nitrogens with one attached hydrogen (secondary N) is 1. The fraction of sp³-hybridized carbons (Fsp3) is 0.480. The molecule has 0 atom stereocenters. The molecule has 0 bridgehead atoms. The lowest BCUT2D eigenvalue weighted by molar-refractivity contribution is 0.161. The summed E-state index contributed by atoms with van der Waals surface area (Å²) >= 11 is 1.80. The Balaban J connectivity index is 1.44. The lowest BCUT2D eigenvalue weighted by Gasteiger charge is -2.48. The maximum atomic E-state index is 6.13. The molecule has 164 valence electrons. The molecule has 0 amide bonds. The molecule has 4 heterocycles. The van der Waals surface area contributed by atoms with Crippen LogP contribution in [-0.4, -0.2) is 33.7 Å². The van der Waals surface area contributed by atoms with Gasteiger partial charge in [0.25, 0.3) is 0 Å². The standard InChI is InChI=1S/C25H32N4OS/c1-24(2)12-18(13-25(3,4)27-24)29(6)23-26-20-15-30-21-11-16(17-9-10-28(5)14-17)7-8-19(21)22(20)31-23/h7-11,14,18,27H,12-13,15H2,1-6H3. The Morgan fingerprint density at radius 1 is 1.13 bits per heavy atom. The number of ether oxygens (including phenoxy) is 1. The Kier molecular flexibility index (Phi) is 4.72. The first-order valence-corrected chi connectivity index (χ1v) is 11.8. The van der Waals surface area contributed by atoms with Gasteiger partial charge < -0.3 is 19.5 Å². The number of benzene rings is 1. The summed E-state index contributed by atoms with van der Waals surface area (Å²) in [6.45, 7) is 9.74. The highest BCUT2D eigenvalue weighted by Gasteiger charge is 2.40. The third-order valence-electron chi connectivity index (χ3n) is 6.46. The first-order chi connectivity index (χ1) is 14.6. The van der Waals surface area contributed by atoms with Crippen molar-refractivity contribution in [1.82, 2.24) is 14.9 Å². The molecule has 1 N–H and O–H groups in total. The third-order valence-corrected chi connectivity index (χ3v) is 7.68. The SMILES string of the molecule is CN(c1nc2c(s1)-c1ccc(-c3ccn(C)c3)cc1OC2)C1CC(C)(C)NC(C)(C)C1. The van der Waals surface area contributed by atoms with Gasteiger partial charge in [-0.15, -0.1) is 0 Å². The summed E-state index contributed by atoms with van der Waals surface area (Å²) in [5.41, 5.74) is 4.83. The number of thiazole rings is 1. The van der Waals surface area contributed by atoms with Crippen LogP contribution in [-0.2, 0) is 13.7 Å². The van der Waals surface area contributed by atoms with Gasteiger partial charge in [-0.1, -0.05) is 17.4 Å². The van der Waals surface area contributed by atoms with Gasteiger partial charge in [-0.2, -0.15) is 0 Å². The van der Waals surface area contributed by atoms with E-state index in [2.05, 4.69) is 86.2 Å². The Hall–Kier alpha value is -2.31. The molecule has 0 saturated carbocycles. The molecule has 0 spiro atoms. The maximum absolute atomic E-state index is 6.13. The van der Waals surface area contributed by atoms with Crippen molar-refractivity contribution >= 4 is 16.5 Å². The van der Waals surface area contributed by atoms with Crippen LogP contribution in [0.2, 0.25) is 0 Å². The molecular formula is C25H32N4OS. The van der Waals surface area contributed by atoms with Crippen molar-refractivity contribution in [2.75, 3.05) is 11.9 Å². The van der Waals surface area contributed by atoms with Gasteiger partial charge in [-0.25, -0.2) is 4.98 Å². The molecule has 0 radical (unpaired) electrons. The quantitative estimate of drug-likeness (QED) is 0.593. The lowest BCUT2D eigenvalue weighted by Crippen LogP contribution is -2.61. The van der Waals surface area contributed by atoms with Gasteiger partial charge in [0.15, 0.2) is 5.13 Å². The number of fused-ring (bicyclic) bond motifs is 3. The van der Waals surface area contributed by atoms with Crippen LogP contribution in [0.25, 0.3) is 21.6 Å². The summed E-state index contributed by atoms with van der Waals surface area (Å²) in [6.07, 6.45) is 6.41. The minimum Gasteiger partial charge on any atom is -0.487 e. The van der Waals surface area contributed by atoms with Crippen LogP contribution >= 0.6 is 11.3 Å². The van der Waals surface area contributed by atoms with Crippen LogP contribution in [0.4, 0.5) is 5.13 Å².